The van der Waals surface area contributed by atoms with Gasteiger partial charge in [0.15, 0.2) is 0 Å². The molecule has 0 fully saturated rings. The van der Waals surface area contributed by atoms with Gasteiger partial charge in [0, 0.05) is 36.2 Å². The largest absolute Gasteiger partial charge is 0.457 e. The minimum atomic E-state index is -0.272. The van der Waals surface area contributed by atoms with Crippen LogP contribution in [0.4, 0.5) is 0 Å². The zero-order valence-corrected chi connectivity index (χ0v) is 17.8. The zero-order chi connectivity index (χ0) is 21.8. The molecule has 0 saturated carbocycles. The van der Waals surface area contributed by atoms with E-state index in [0.717, 1.165) is 66.2 Å². The molecule has 0 atom stereocenters. The SMILES string of the molecule is Cc1c(CCN2CCc3nc(-c4ccc5c(c4)COC5=O)oc3C2)ccc2c1COC2=O. The fourth-order valence-electron chi connectivity index (χ4n) is 4.78. The lowest BCUT2D eigenvalue weighted by Gasteiger charge is -2.25. The quantitative estimate of drug-likeness (QED) is 0.585. The molecule has 0 aliphatic carbocycles. The van der Waals surface area contributed by atoms with E-state index in [1.165, 1.54) is 5.56 Å². The Bertz CT molecular complexity index is 1280. The van der Waals surface area contributed by atoms with Gasteiger partial charge in [-0.15, -0.1) is 0 Å². The van der Waals surface area contributed by atoms with Crippen LogP contribution in [0.2, 0.25) is 0 Å². The average Bonchev–Trinajstić information content (AvgIpc) is 3.50. The maximum Gasteiger partial charge on any atom is 0.338 e. The van der Waals surface area contributed by atoms with Gasteiger partial charge in [-0.1, -0.05) is 6.07 Å². The van der Waals surface area contributed by atoms with E-state index in [4.69, 9.17) is 18.9 Å². The van der Waals surface area contributed by atoms with Gasteiger partial charge in [0.25, 0.3) is 0 Å². The van der Waals surface area contributed by atoms with Crippen molar-refractivity contribution in [2.24, 2.45) is 0 Å². The van der Waals surface area contributed by atoms with Crippen molar-refractivity contribution in [3.8, 4) is 11.5 Å². The Morgan fingerprint density at radius 1 is 1.03 bits per heavy atom. The monoisotopic (exact) mass is 430 g/mol. The summed E-state index contributed by atoms with van der Waals surface area (Å²) < 4.78 is 16.4. The number of cyclic esters (lactones) is 2. The number of carbonyl (C=O) groups excluding carboxylic acids is 2. The number of rotatable bonds is 4. The molecular weight excluding hydrogens is 408 g/mol. The molecule has 0 spiro atoms. The van der Waals surface area contributed by atoms with Crippen molar-refractivity contribution in [2.75, 3.05) is 13.1 Å². The zero-order valence-electron chi connectivity index (χ0n) is 17.8. The molecule has 3 aliphatic rings. The minimum absolute atomic E-state index is 0.221. The molecule has 2 aromatic carbocycles. The molecule has 0 bridgehead atoms. The van der Waals surface area contributed by atoms with Crippen molar-refractivity contribution < 1.29 is 23.5 Å². The van der Waals surface area contributed by atoms with E-state index in [9.17, 15) is 9.59 Å². The summed E-state index contributed by atoms with van der Waals surface area (Å²) in [7, 11) is 0. The maximum atomic E-state index is 11.8. The topological polar surface area (TPSA) is 81.9 Å². The molecule has 32 heavy (non-hydrogen) atoms. The van der Waals surface area contributed by atoms with Crippen molar-refractivity contribution >= 4 is 11.9 Å². The molecule has 0 N–H and O–H groups in total. The second-order valence-corrected chi connectivity index (χ2v) is 8.57. The molecule has 0 saturated heterocycles. The molecule has 3 aliphatic heterocycles. The first-order valence-corrected chi connectivity index (χ1v) is 10.9. The molecule has 0 unspecified atom stereocenters. The van der Waals surface area contributed by atoms with E-state index in [-0.39, 0.29) is 11.9 Å². The maximum absolute atomic E-state index is 11.8. The highest BCUT2D eigenvalue weighted by Crippen LogP contribution is 2.30. The first-order chi connectivity index (χ1) is 15.6. The predicted molar refractivity (Wildman–Crippen MR) is 114 cm³/mol. The van der Waals surface area contributed by atoms with Crippen LogP contribution in [-0.4, -0.2) is 34.9 Å². The molecule has 0 amide bonds. The van der Waals surface area contributed by atoms with Crippen LogP contribution in [-0.2, 0) is 42.1 Å². The van der Waals surface area contributed by atoms with Crippen LogP contribution in [0, 0.1) is 6.92 Å². The van der Waals surface area contributed by atoms with Gasteiger partial charge in [-0.2, -0.15) is 0 Å². The molecule has 4 heterocycles. The van der Waals surface area contributed by atoms with Gasteiger partial charge in [-0.25, -0.2) is 14.6 Å². The molecule has 0 radical (unpaired) electrons. The van der Waals surface area contributed by atoms with E-state index < -0.39 is 0 Å². The lowest BCUT2D eigenvalue weighted by atomic mass is 9.96. The summed E-state index contributed by atoms with van der Waals surface area (Å²) in [6.45, 7) is 5.31. The number of ether oxygens (including phenoxy) is 2. The number of esters is 2. The highest BCUT2D eigenvalue weighted by molar-refractivity contribution is 5.94. The smallest absolute Gasteiger partial charge is 0.338 e. The van der Waals surface area contributed by atoms with Crippen LogP contribution < -0.4 is 0 Å². The second-order valence-electron chi connectivity index (χ2n) is 8.57. The first-order valence-electron chi connectivity index (χ1n) is 10.9. The molecule has 7 heteroatoms. The summed E-state index contributed by atoms with van der Waals surface area (Å²) in [6, 6.07) is 9.52. The third-order valence-corrected chi connectivity index (χ3v) is 6.72. The van der Waals surface area contributed by atoms with Crippen molar-refractivity contribution in [1.29, 1.82) is 0 Å². The highest BCUT2D eigenvalue weighted by Gasteiger charge is 2.27. The first kappa shape index (κ1) is 19.3. The average molecular weight is 430 g/mol. The number of benzene rings is 2. The number of hydrogen-bond donors (Lipinski definition) is 0. The van der Waals surface area contributed by atoms with Crippen LogP contribution in [0.1, 0.15) is 54.4 Å². The van der Waals surface area contributed by atoms with Gasteiger partial charge >= 0.3 is 11.9 Å². The van der Waals surface area contributed by atoms with Crippen LogP contribution in [0.15, 0.2) is 34.7 Å². The Morgan fingerprint density at radius 2 is 1.84 bits per heavy atom. The van der Waals surface area contributed by atoms with Gasteiger partial charge in [0.05, 0.1) is 23.4 Å². The van der Waals surface area contributed by atoms with Gasteiger partial charge in [0.1, 0.15) is 19.0 Å². The predicted octanol–water partition coefficient (Wildman–Crippen LogP) is 3.59. The molecule has 7 nitrogen and oxygen atoms in total. The Labute approximate surface area is 185 Å². The summed E-state index contributed by atoms with van der Waals surface area (Å²) in [6.07, 6.45) is 1.75. The summed E-state index contributed by atoms with van der Waals surface area (Å²) in [4.78, 5) is 30.5. The fraction of sp³-hybridized carbons (Fsp3) is 0.320. The Kier molecular flexibility index (Phi) is 4.40. The van der Waals surface area contributed by atoms with Crippen molar-refractivity contribution in [3.05, 3.63) is 75.2 Å². The van der Waals surface area contributed by atoms with Crippen LogP contribution >= 0.6 is 0 Å². The number of nitrogens with zero attached hydrogens (tertiary/aromatic N) is 2. The molecule has 3 aromatic rings. The third-order valence-electron chi connectivity index (χ3n) is 6.72. The summed E-state index contributed by atoms with van der Waals surface area (Å²) in [5.41, 5.74) is 7.51. The number of fused-ring (bicyclic) bond motifs is 3. The van der Waals surface area contributed by atoms with Crippen LogP contribution in [0.5, 0.6) is 0 Å². The molecular formula is C25H22N2O5. The van der Waals surface area contributed by atoms with Crippen LogP contribution in [0.25, 0.3) is 11.5 Å². The fourth-order valence-corrected chi connectivity index (χ4v) is 4.78. The lowest BCUT2D eigenvalue weighted by molar-refractivity contribution is 0.0526. The summed E-state index contributed by atoms with van der Waals surface area (Å²) in [5.74, 6) is 1.01. The van der Waals surface area contributed by atoms with Gasteiger partial charge in [-0.3, -0.25) is 4.90 Å². The summed E-state index contributed by atoms with van der Waals surface area (Å²) >= 11 is 0. The van der Waals surface area contributed by atoms with Crippen molar-refractivity contribution in [1.82, 2.24) is 9.88 Å². The molecule has 162 valence electrons. The Hall–Kier alpha value is -3.45. The number of carbonyl (C=O) groups is 2. The van der Waals surface area contributed by atoms with Crippen molar-refractivity contribution in [3.63, 3.8) is 0 Å². The van der Waals surface area contributed by atoms with Gasteiger partial charge in [0.2, 0.25) is 5.89 Å². The van der Waals surface area contributed by atoms with E-state index in [2.05, 4.69) is 11.8 Å². The van der Waals surface area contributed by atoms with E-state index in [1.54, 1.807) is 6.07 Å². The Morgan fingerprint density at radius 3 is 2.75 bits per heavy atom. The minimum Gasteiger partial charge on any atom is -0.457 e. The standard InChI is InChI=1S/C25H22N2O5/c1-14-15(2-5-19-20(14)13-31-25(19)29)6-8-27-9-7-21-22(11-27)32-23(26-21)16-3-4-18-17(10-16)12-30-24(18)28/h2-5,10H,6-9,11-13H2,1H3. The van der Waals surface area contributed by atoms with E-state index in [1.807, 2.05) is 24.3 Å². The third kappa shape index (κ3) is 3.12. The Balaban J connectivity index is 1.16. The number of hydrogen-bond acceptors (Lipinski definition) is 7. The van der Waals surface area contributed by atoms with Gasteiger partial charge < -0.3 is 13.9 Å². The number of oxazole rings is 1. The number of aromatic nitrogens is 1. The highest BCUT2D eigenvalue weighted by atomic mass is 16.5. The lowest BCUT2D eigenvalue weighted by Crippen LogP contribution is -2.32. The molecule has 1 aromatic heterocycles. The van der Waals surface area contributed by atoms with Crippen molar-refractivity contribution in [2.45, 2.75) is 39.5 Å². The van der Waals surface area contributed by atoms with Gasteiger partial charge in [-0.05, 0) is 48.7 Å². The molecule has 6 rings (SSSR count). The normalized spacial score (nSPS) is 17.0. The second kappa shape index (κ2) is 7.31. The van der Waals surface area contributed by atoms with E-state index in [0.29, 0.717) is 30.2 Å². The van der Waals surface area contributed by atoms with Crippen LogP contribution in [0.3, 0.4) is 0 Å². The summed E-state index contributed by atoms with van der Waals surface area (Å²) in [5, 5.41) is 0. The van der Waals surface area contributed by atoms with E-state index >= 15 is 0 Å².